The van der Waals surface area contributed by atoms with Crippen LogP contribution in [-0.4, -0.2) is 49.3 Å². The standard InChI is InChI=1S/C23H27F2N3O/c1-27-14-23(19-10-15(24)2-4-21(19)27)6-8-28(9-7-23)13-16-11-17-18(12-26-16)22(29)5-3-20(17)25/h2-5,10,16,26,29H,6-9,11-14H2,1H3. The fourth-order valence-electron chi connectivity index (χ4n) is 5.56. The van der Waals surface area contributed by atoms with E-state index in [1.165, 1.54) is 12.1 Å². The van der Waals surface area contributed by atoms with E-state index in [1.54, 1.807) is 12.1 Å². The summed E-state index contributed by atoms with van der Waals surface area (Å²) in [6.45, 7) is 4.21. The number of likely N-dealkylation sites (tertiary alicyclic amines) is 1. The molecule has 0 bridgehead atoms. The highest BCUT2D eigenvalue weighted by molar-refractivity contribution is 5.62. The molecule has 1 spiro atoms. The minimum absolute atomic E-state index is 0.0349. The van der Waals surface area contributed by atoms with Gasteiger partial charge in [0.2, 0.25) is 0 Å². The van der Waals surface area contributed by atoms with Crippen LogP contribution >= 0.6 is 0 Å². The SMILES string of the molecule is CN1CC2(CCN(CC3Cc4c(F)ccc(O)c4CN3)CC2)c2cc(F)ccc21. The van der Waals surface area contributed by atoms with E-state index in [4.69, 9.17) is 0 Å². The maximum atomic E-state index is 14.2. The van der Waals surface area contributed by atoms with E-state index in [1.807, 2.05) is 6.07 Å². The monoisotopic (exact) mass is 399 g/mol. The van der Waals surface area contributed by atoms with Crippen molar-refractivity contribution in [2.75, 3.05) is 38.1 Å². The zero-order valence-electron chi connectivity index (χ0n) is 16.7. The van der Waals surface area contributed by atoms with Gasteiger partial charge in [0.05, 0.1) is 0 Å². The van der Waals surface area contributed by atoms with Gasteiger partial charge in [0.15, 0.2) is 0 Å². The number of benzene rings is 2. The Bertz CT molecular complexity index is 940. The van der Waals surface area contributed by atoms with Crippen LogP contribution in [0.2, 0.25) is 0 Å². The van der Waals surface area contributed by atoms with Crippen LogP contribution in [0.1, 0.15) is 29.5 Å². The Kier molecular flexibility index (Phi) is 4.51. The molecule has 0 aliphatic carbocycles. The van der Waals surface area contributed by atoms with Crippen molar-refractivity contribution in [1.29, 1.82) is 0 Å². The van der Waals surface area contributed by atoms with Crippen LogP contribution in [0.3, 0.4) is 0 Å². The fourth-order valence-corrected chi connectivity index (χ4v) is 5.56. The molecule has 1 atom stereocenters. The molecule has 4 nitrogen and oxygen atoms in total. The van der Waals surface area contributed by atoms with Crippen molar-refractivity contribution in [3.63, 3.8) is 0 Å². The molecule has 2 aromatic carbocycles. The summed E-state index contributed by atoms with van der Waals surface area (Å²) in [7, 11) is 2.09. The summed E-state index contributed by atoms with van der Waals surface area (Å²) in [5, 5.41) is 13.4. The van der Waals surface area contributed by atoms with Gasteiger partial charge < -0.3 is 20.2 Å². The van der Waals surface area contributed by atoms with Crippen molar-refractivity contribution in [2.45, 2.75) is 37.3 Å². The molecule has 5 rings (SSSR count). The smallest absolute Gasteiger partial charge is 0.127 e. The van der Waals surface area contributed by atoms with Crippen molar-refractivity contribution < 1.29 is 13.9 Å². The van der Waals surface area contributed by atoms with E-state index < -0.39 is 0 Å². The summed E-state index contributed by atoms with van der Waals surface area (Å²) in [5.74, 6) is -0.214. The first-order valence-electron chi connectivity index (χ1n) is 10.4. The lowest BCUT2D eigenvalue weighted by Gasteiger charge is -2.41. The lowest BCUT2D eigenvalue weighted by atomic mass is 9.74. The molecule has 2 N–H and O–H groups in total. The highest BCUT2D eigenvalue weighted by Crippen LogP contribution is 2.46. The Morgan fingerprint density at radius 2 is 1.93 bits per heavy atom. The Morgan fingerprint density at radius 1 is 1.14 bits per heavy atom. The first-order chi connectivity index (χ1) is 13.9. The number of aromatic hydroxyl groups is 1. The van der Waals surface area contributed by atoms with Gasteiger partial charge in [0.1, 0.15) is 17.4 Å². The van der Waals surface area contributed by atoms with Crippen molar-refractivity contribution in [3.05, 3.63) is 58.7 Å². The number of piperidine rings is 1. The Hall–Kier alpha value is -2.18. The predicted octanol–water partition coefficient (Wildman–Crippen LogP) is 3.17. The predicted molar refractivity (Wildman–Crippen MR) is 109 cm³/mol. The van der Waals surface area contributed by atoms with Gasteiger partial charge in [-0.05, 0) is 73.8 Å². The number of hydrogen-bond acceptors (Lipinski definition) is 4. The molecule has 154 valence electrons. The van der Waals surface area contributed by atoms with Crippen LogP contribution < -0.4 is 10.2 Å². The van der Waals surface area contributed by atoms with Crippen molar-refractivity contribution in [3.8, 4) is 5.75 Å². The van der Waals surface area contributed by atoms with Gasteiger partial charge in [-0.25, -0.2) is 8.78 Å². The van der Waals surface area contributed by atoms with Crippen LogP contribution in [0.5, 0.6) is 5.75 Å². The molecule has 1 unspecified atom stereocenters. The average Bonchev–Trinajstić information content (AvgIpc) is 2.98. The molecule has 1 fully saturated rings. The van der Waals surface area contributed by atoms with E-state index in [9.17, 15) is 13.9 Å². The molecule has 0 saturated carbocycles. The van der Waals surface area contributed by atoms with Crippen molar-refractivity contribution >= 4 is 5.69 Å². The molecule has 3 heterocycles. The fraction of sp³-hybridized carbons (Fsp3) is 0.478. The Balaban J connectivity index is 1.26. The molecule has 0 amide bonds. The zero-order valence-corrected chi connectivity index (χ0v) is 16.7. The Morgan fingerprint density at radius 3 is 2.72 bits per heavy atom. The average molecular weight is 399 g/mol. The molecule has 29 heavy (non-hydrogen) atoms. The van der Waals surface area contributed by atoms with E-state index >= 15 is 0 Å². The van der Waals surface area contributed by atoms with Gasteiger partial charge in [0.25, 0.3) is 0 Å². The van der Waals surface area contributed by atoms with E-state index in [-0.39, 0.29) is 28.8 Å². The van der Waals surface area contributed by atoms with Crippen LogP contribution in [0, 0.1) is 11.6 Å². The maximum Gasteiger partial charge on any atom is 0.127 e. The van der Waals surface area contributed by atoms with Gasteiger partial charge >= 0.3 is 0 Å². The summed E-state index contributed by atoms with van der Waals surface area (Å²) in [5.41, 5.74) is 3.67. The largest absolute Gasteiger partial charge is 0.508 e. The van der Waals surface area contributed by atoms with E-state index in [0.29, 0.717) is 24.1 Å². The van der Waals surface area contributed by atoms with E-state index in [2.05, 4.69) is 22.2 Å². The highest BCUT2D eigenvalue weighted by Gasteiger charge is 2.44. The third-order valence-corrected chi connectivity index (χ3v) is 7.14. The number of rotatable bonds is 2. The second kappa shape index (κ2) is 6.96. The number of nitrogens with zero attached hydrogens (tertiary/aromatic N) is 2. The van der Waals surface area contributed by atoms with Crippen LogP contribution in [0.15, 0.2) is 30.3 Å². The third-order valence-electron chi connectivity index (χ3n) is 7.14. The van der Waals surface area contributed by atoms with Crippen LogP contribution in [0.4, 0.5) is 14.5 Å². The Labute approximate surface area is 170 Å². The normalized spacial score (nSPS) is 23.3. The van der Waals surface area contributed by atoms with E-state index in [0.717, 1.165) is 50.3 Å². The number of likely N-dealkylation sites (N-methyl/N-ethyl adjacent to an activating group) is 1. The molecule has 0 radical (unpaired) electrons. The summed E-state index contributed by atoms with van der Waals surface area (Å²) in [6, 6.07) is 8.13. The number of fused-ring (bicyclic) bond motifs is 3. The molecule has 2 aromatic rings. The van der Waals surface area contributed by atoms with Gasteiger partial charge in [-0.3, -0.25) is 0 Å². The highest BCUT2D eigenvalue weighted by atomic mass is 19.1. The lowest BCUT2D eigenvalue weighted by molar-refractivity contribution is 0.150. The first-order valence-corrected chi connectivity index (χ1v) is 10.4. The number of nitrogens with one attached hydrogen (secondary N) is 1. The topological polar surface area (TPSA) is 38.7 Å². The summed E-state index contributed by atoms with van der Waals surface area (Å²) in [6.07, 6.45) is 2.60. The summed E-state index contributed by atoms with van der Waals surface area (Å²) >= 11 is 0. The second-order valence-corrected chi connectivity index (χ2v) is 8.90. The third kappa shape index (κ3) is 3.19. The quantitative estimate of drug-likeness (QED) is 0.814. The molecule has 3 aliphatic heterocycles. The van der Waals surface area contributed by atoms with Crippen LogP contribution in [0.25, 0.3) is 0 Å². The molecule has 0 aromatic heterocycles. The molecule has 3 aliphatic rings. The number of phenols is 1. The van der Waals surface area contributed by atoms with Crippen LogP contribution in [-0.2, 0) is 18.4 Å². The minimum atomic E-state index is -0.227. The van der Waals surface area contributed by atoms with Gasteiger partial charge in [-0.2, -0.15) is 0 Å². The van der Waals surface area contributed by atoms with Gasteiger partial charge in [-0.1, -0.05) is 0 Å². The first kappa shape index (κ1) is 18.8. The molecular formula is C23H27F2N3O. The number of anilines is 1. The molecule has 1 saturated heterocycles. The summed E-state index contributed by atoms with van der Waals surface area (Å²) < 4.78 is 28.1. The number of phenolic OH excluding ortho intramolecular Hbond substituents is 1. The zero-order chi connectivity index (χ0) is 20.2. The van der Waals surface area contributed by atoms with Gasteiger partial charge in [0, 0.05) is 49.4 Å². The minimum Gasteiger partial charge on any atom is -0.508 e. The lowest BCUT2D eigenvalue weighted by Crippen LogP contribution is -2.50. The maximum absolute atomic E-state index is 14.2. The van der Waals surface area contributed by atoms with Crippen molar-refractivity contribution in [2.24, 2.45) is 0 Å². The molecule has 6 heteroatoms. The number of halogens is 2. The summed E-state index contributed by atoms with van der Waals surface area (Å²) in [4.78, 5) is 4.69. The number of hydrogen-bond donors (Lipinski definition) is 2. The van der Waals surface area contributed by atoms with Gasteiger partial charge in [-0.15, -0.1) is 0 Å². The molecular weight excluding hydrogens is 372 g/mol. The second-order valence-electron chi connectivity index (χ2n) is 8.90. The van der Waals surface area contributed by atoms with Crippen molar-refractivity contribution in [1.82, 2.24) is 10.2 Å².